The summed E-state index contributed by atoms with van der Waals surface area (Å²) in [4.78, 5) is 0. The molecule has 0 aliphatic heterocycles. The summed E-state index contributed by atoms with van der Waals surface area (Å²) >= 11 is 5.64. The van der Waals surface area contributed by atoms with Gasteiger partial charge >= 0.3 is 51.4 Å². The molecule has 50 valence electrons. The summed E-state index contributed by atoms with van der Waals surface area (Å²) in [6.07, 6.45) is 1.68. The van der Waals surface area contributed by atoms with Gasteiger partial charge in [0, 0.05) is 0 Å². The molecule has 2 nitrogen and oxygen atoms in total. The summed E-state index contributed by atoms with van der Waals surface area (Å²) in [5.74, 6) is -2.67. The van der Waals surface area contributed by atoms with Crippen molar-refractivity contribution in [2.75, 3.05) is 12.9 Å². The minimum absolute atomic E-state index is 0. The molecule has 0 aliphatic carbocycles. The van der Waals surface area contributed by atoms with Gasteiger partial charge in [0.25, 0.3) is 0 Å². The molecule has 0 aromatic rings. The maximum absolute atomic E-state index is 10.7. The zero-order valence-corrected chi connectivity index (χ0v) is 11.4. The molecule has 6 heteroatoms. The Morgan fingerprint density at radius 1 is 1.78 bits per heavy atom. The van der Waals surface area contributed by atoms with Gasteiger partial charge in [-0.05, 0) is 13.2 Å². The maximum atomic E-state index is 10.7. The summed E-state index contributed by atoms with van der Waals surface area (Å²) < 4.78 is 15.4. The summed E-state index contributed by atoms with van der Waals surface area (Å²) in [6.45, 7) is 2.21. The number of hydrogen-bond acceptors (Lipinski definition) is 4. The Morgan fingerprint density at radius 3 is 2.33 bits per heavy atom. The van der Waals surface area contributed by atoms with Gasteiger partial charge in [-0.2, -0.15) is 0 Å². The maximum Gasteiger partial charge on any atom is 1.00 e. The summed E-state index contributed by atoms with van der Waals surface area (Å²) in [5, 5.41) is 0. The largest absolute Gasteiger partial charge is 1.00 e. The van der Waals surface area contributed by atoms with Crippen LogP contribution in [-0.4, -0.2) is 12.9 Å². The van der Waals surface area contributed by atoms with E-state index in [-0.39, 0.29) is 51.4 Å². The molecule has 0 fully saturated rings. The quantitative estimate of drug-likeness (QED) is 0.341. The normalized spacial score (nSPS) is 15.9. The van der Waals surface area contributed by atoms with E-state index in [9.17, 15) is 4.57 Å². The van der Waals surface area contributed by atoms with Crippen LogP contribution in [0.1, 0.15) is 6.92 Å². The van der Waals surface area contributed by atoms with Crippen molar-refractivity contribution in [1.29, 1.82) is 0 Å². The van der Waals surface area contributed by atoms with Crippen molar-refractivity contribution in [3.63, 3.8) is 0 Å². The van der Waals surface area contributed by atoms with Crippen LogP contribution >= 0.6 is 17.2 Å². The summed E-state index contributed by atoms with van der Waals surface area (Å²) in [5.41, 5.74) is 0. The first kappa shape index (κ1) is 14.1. The molecule has 0 saturated heterocycles. The zero-order valence-electron chi connectivity index (χ0n) is 5.79. The molecule has 0 heterocycles. The van der Waals surface area contributed by atoms with Crippen molar-refractivity contribution < 1.29 is 60.5 Å². The number of hydrogen-bond donors (Lipinski definition) is 0. The fraction of sp³-hybridized carbons (Fsp3) is 1.00. The van der Waals surface area contributed by atoms with Gasteiger partial charge in [0.2, 0.25) is 0 Å². The van der Waals surface area contributed by atoms with Crippen molar-refractivity contribution in [1.82, 2.24) is 0 Å². The van der Waals surface area contributed by atoms with Crippen molar-refractivity contribution >= 4 is 29.4 Å². The zero-order chi connectivity index (χ0) is 6.62. The van der Waals surface area contributed by atoms with E-state index in [0.717, 1.165) is 11.4 Å². The molecule has 0 spiro atoms. The van der Waals surface area contributed by atoms with Crippen LogP contribution in [-0.2, 0) is 21.3 Å². The van der Waals surface area contributed by atoms with Gasteiger partial charge in [-0.3, -0.25) is 0 Å². The Balaban J connectivity index is 0. The molecule has 1 unspecified atom stereocenters. The molecule has 9 heavy (non-hydrogen) atoms. The SMILES string of the molecule is CCOP(=O)([S-])SC.[K+]. The van der Waals surface area contributed by atoms with Crippen molar-refractivity contribution in [3.05, 3.63) is 0 Å². The van der Waals surface area contributed by atoms with Crippen molar-refractivity contribution in [2.24, 2.45) is 0 Å². The predicted octanol–water partition coefficient (Wildman–Crippen LogP) is -0.955. The van der Waals surface area contributed by atoms with Crippen LogP contribution in [0.4, 0.5) is 0 Å². The average molecular weight is 210 g/mol. The molecule has 0 N–H and O–H groups in total. The molecule has 0 saturated carbocycles. The fourth-order valence-electron chi connectivity index (χ4n) is 0.211. The van der Waals surface area contributed by atoms with E-state index in [1.54, 1.807) is 13.2 Å². The minimum Gasteiger partial charge on any atom is -0.678 e. The third kappa shape index (κ3) is 8.43. The van der Waals surface area contributed by atoms with Gasteiger partial charge < -0.3 is 21.3 Å². The van der Waals surface area contributed by atoms with Gasteiger partial charge in [-0.15, -0.1) is 0 Å². The molecule has 0 aromatic heterocycles. The molecule has 0 aliphatic rings. The van der Waals surface area contributed by atoms with E-state index in [1.165, 1.54) is 0 Å². The van der Waals surface area contributed by atoms with E-state index in [2.05, 4.69) is 12.2 Å². The first-order valence-corrected chi connectivity index (χ1v) is 6.60. The molecule has 0 amide bonds. The third-order valence-electron chi connectivity index (χ3n) is 0.511. The molecule has 0 radical (unpaired) electrons. The molecule has 0 aromatic carbocycles. The first-order valence-electron chi connectivity index (χ1n) is 2.13. The van der Waals surface area contributed by atoms with Gasteiger partial charge in [0.15, 0.2) is 0 Å². The van der Waals surface area contributed by atoms with Crippen LogP contribution in [0.15, 0.2) is 0 Å². The van der Waals surface area contributed by atoms with Crippen LogP contribution in [0.2, 0.25) is 0 Å². The van der Waals surface area contributed by atoms with Crippen LogP contribution in [0.3, 0.4) is 0 Å². The molecular formula is C3H8KO2PS2. The van der Waals surface area contributed by atoms with Crippen LogP contribution in [0.5, 0.6) is 0 Å². The summed E-state index contributed by atoms with van der Waals surface area (Å²) in [7, 11) is 0. The first-order chi connectivity index (χ1) is 3.62. The van der Waals surface area contributed by atoms with Gasteiger partial charge in [-0.25, -0.2) is 0 Å². The van der Waals surface area contributed by atoms with Gasteiger partial charge in [0.1, 0.15) is 5.77 Å². The van der Waals surface area contributed by atoms with Gasteiger partial charge in [0.05, 0.1) is 6.61 Å². The minimum atomic E-state index is -2.67. The monoisotopic (exact) mass is 210 g/mol. The van der Waals surface area contributed by atoms with E-state index in [0.29, 0.717) is 6.61 Å². The van der Waals surface area contributed by atoms with Crippen LogP contribution in [0, 0.1) is 0 Å². The van der Waals surface area contributed by atoms with Crippen LogP contribution in [0.25, 0.3) is 0 Å². The van der Waals surface area contributed by atoms with E-state index < -0.39 is 5.77 Å². The second-order valence-electron chi connectivity index (χ2n) is 1.05. The third-order valence-corrected chi connectivity index (χ3v) is 4.85. The van der Waals surface area contributed by atoms with E-state index in [4.69, 9.17) is 4.52 Å². The Bertz CT molecular complexity index is 110. The average Bonchev–Trinajstić information content (AvgIpc) is 1.67. The molecule has 1 atom stereocenters. The smallest absolute Gasteiger partial charge is 0.678 e. The van der Waals surface area contributed by atoms with E-state index >= 15 is 0 Å². The standard InChI is InChI=1S/C3H9O2PS2.K/c1-3-5-6(4,7)8-2;/h3H2,1-2H3,(H,4,7);/q;+1/p-1. The van der Waals surface area contributed by atoms with E-state index in [1.807, 2.05) is 0 Å². The number of rotatable bonds is 3. The Labute approximate surface area is 108 Å². The Kier molecular flexibility index (Phi) is 11.2. The van der Waals surface area contributed by atoms with Crippen molar-refractivity contribution in [3.8, 4) is 0 Å². The molecule has 0 rings (SSSR count). The predicted molar refractivity (Wildman–Crippen MR) is 40.1 cm³/mol. The molecular weight excluding hydrogens is 202 g/mol. The second-order valence-corrected chi connectivity index (χ2v) is 7.24. The fourth-order valence-corrected chi connectivity index (χ4v) is 1.58. The topological polar surface area (TPSA) is 26.3 Å². The Morgan fingerprint density at radius 2 is 2.22 bits per heavy atom. The van der Waals surface area contributed by atoms with Crippen LogP contribution < -0.4 is 51.4 Å². The molecule has 0 bridgehead atoms. The second kappa shape index (κ2) is 7.19. The Hall–Kier alpha value is 2.53. The summed E-state index contributed by atoms with van der Waals surface area (Å²) in [6, 6.07) is 0. The van der Waals surface area contributed by atoms with Gasteiger partial charge in [-0.1, -0.05) is 11.4 Å². The van der Waals surface area contributed by atoms with Crippen molar-refractivity contribution in [2.45, 2.75) is 6.92 Å².